The molecule has 1 N–H and O–H groups in total. The Morgan fingerprint density at radius 1 is 1.18 bits per heavy atom. The average molecular weight is 482 g/mol. The van der Waals surface area contributed by atoms with Crippen LogP contribution in [-0.4, -0.2) is 56.4 Å². The first-order valence-corrected chi connectivity index (χ1v) is 13.0. The van der Waals surface area contributed by atoms with E-state index < -0.39 is 15.7 Å². The molecule has 8 nitrogen and oxygen atoms in total. The number of carbonyl (C=O) groups excluding carboxylic acids is 1. The lowest BCUT2D eigenvalue weighted by Gasteiger charge is -2.25. The van der Waals surface area contributed by atoms with Gasteiger partial charge in [-0.3, -0.25) is 4.79 Å². The van der Waals surface area contributed by atoms with Gasteiger partial charge in [-0.2, -0.15) is 5.26 Å². The number of fused-ring (bicyclic) bond motifs is 1. The van der Waals surface area contributed by atoms with Gasteiger partial charge in [-0.15, -0.1) is 0 Å². The van der Waals surface area contributed by atoms with Crippen molar-refractivity contribution in [1.29, 1.82) is 5.26 Å². The number of nitrogens with zero attached hydrogens (tertiary/aromatic N) is 4. The highest BCUT2D eigenvalue weighted by atomic mass is 32.2. The number of benzene rings is 2. The molecule has 0 unspecified atom stereocenters. The molecule has 0 radical (unpaired) electrons. The SMILES string of the molecule is CN(C)c1ccc(N2C(=N/C=C(\C#N)C(=O)Nc3ccccc3)S[C@@H]3CS(=O)(=O)C[C@H]32)cc1. The number of aliphatic imine (C=N–C) groups is 1. The van der Waals surface area contributed by atoms with Gasteiger partial charge in [0.1, 0.15) is 11.6 Å². The molecule has 33 heavy (non-hydrogen) atoms. The number of nitriles is 1. The van der Waals surface area contributed by atoms with Crippen LogP contribution in [0.3, 0.4) is 0 Å². The summed E-state index contributed by atoms with van der Waals surface area (Å²) in [5, 5.41) is 12.6. The number of nitrogens with one attached hydrogen (secondary N) is 1. The van der Waals surface area contributed by atoms with Crippen molar-refractivity contribution < 1.29 is 13.2 Å². The third kappa shape index (κ3) is 5.05. The molecular weight excluding hydrogens is 458 g/mol. The number of hydrogen-bond acceptors (Lipinski definition) is 7. The molecule has 0 aromatic heterocycles. The highest BCUT2D eigenvalue weighted by Crippen LogP contribution is 2.41. The molecule has 0 aliphatic carbocycles. The van der Waals surface area contributed by atoms with Crippen LogP contribution in [0.5, 0.6) is 0 Å². The van der Waals surface area contributed by atoms with Crippen LogP contribution in [0.15, 0.2) is 71.4 Å². The van der Waals surface area contributed by atoms with Crippen LogP contribution in [0.4, 0.5) is 17.1 Å². The topological polar surface area (TPSA) is 106 Å². The fourth-order valence-corrected chi connectivity index (χ4v) is 7.66. The third-order valence-corrected chi connectivity index (χ3v) is 8.64. The molecule has 2 heterocycles. The summed E-state index contributed by atoms with van der Waals surface area (Å²) in [5.74, 6) is -0.431. The van der Waals surface area contributed by atoms with Crippen LogP contribution in [0.2, 0.25) is 0 Å². The smallest absolute Gasteiger partial charge is 0.267 e. The molecule has 2 fully saturated rings. The lowest BCUT2D eigenvalue weighted by molar-refractivity contribution is -0.112. The van der Waals surface area contributed by atoms with Gasteiger partial charge in [0.25, 0.3) is 5.91 Å². The minimum absolute atomic E-state index is 0.0441. The van der Waals surface area contributed by atoms with Gasteiger partial charge in [0, 0.05) is 36.4 Å². The van der Waals surface area contributed by atoms with Gasteiger partial charge in [-0.1, -0.05) is 30.0 Å². The van der Waals surface area contributed by atoms with E-state index in [9.17, 15) is 18.5 Å². The van der Waals surface area contributed by atoms with Crippen molar-refractivity contribution in [1.82, 2.24) is 0 Å². The number of para-hydroxylation sites is 1. The van der Waals surface area contributed by atoms with Gasteiger partial charge in [0.2, 0.25) is 0 Å². The number of hydrogen-bond donors (Lipinski definition) is 1. The quantitative estimate of drug-likeness (QED) is 0.517. The van der Waals surface area contributed by atoms with Crippen LogP contribution >= 0.6 is 11.8 Å². The van der Waals surface area contributed by atoms with Gasteiger partial charge >= 0.3 is 0 Å². The lowest BCUT2D eigenvalue weighted by Crippen LogP contribution is -2.37. The number of thioether (sulfide) groups is 1. The largest absolute Gasteiger partial charge is 0.378 e. The van der Waals surface area contributed by atoms with E-state index in [0.717, 1.165) is 11.4 Å². The molecule has 1 amide bonds. The Hall–Kier alpha value is -3.29. The van der Waals surface area contributed by atoms with E-state index in [1.54, 1.807) is 24.3 Å². The Labute approximate surface area is 197 Å². The molecule has 2 atom stereocenters. The molecule has 10 heteroatoms. The second-order valence-electron chi connectivity index (χ2n) is 7.97. The number of rotatable bonds is 5. The molecular formula is C23H23N5O3S2. The fraction of sp³-hybridized carbons (Fsp3) is 0.261. The molecule has 0 bridgehead atoms. The molecule has 2 aromatic carbocycles. The van der Waals surface area contributed by atoms with E-state index in [2.05, 4.69) is 10.3 Å². The van der Waals surface area contributed by atoms with Gasteiger partial charge < -0.3 is 15.1 Å². The number of amides is 1. The molecule has 0 saturated carbocycles. The standard InChI is InChI=1S/C23H23N5O3S2/c1-27(2)18-8-10-19(11-9-18)28-20-14-33(30,31)15-21(20)32-23(28)25-13-16(12-24)22(29)26-17-6-4-3-5-7-17/h3-11,13,20-21H,14-15H2,1-2H3,(H,26,29)/b16-13+,25-23?/t20-,21-/m1/s1. The van der Waals surface area contributed by atoms with Gasteiger partial charge in [-0.05, 0) is 36.4 Å². The fourth-order valence-electron chi connectivity index (χ4n) is 3.77. The zero-order chi connectivity index (χ0) is 23.6. The molecule has 170 valence electrons. The Kier molecular flexibility index (Phi) is 6.44. The maximum Gasteiger partial charge on any atom is 0.267 e. The van der Waals surface area contributed by atoms with E-state index in [-0.39, 0.29) is 28.4 Å². The summed E-state index contributed by atoms with van der Waals surface area (Å²) in [6.07, 6.45) is 1.25. The predicted octanol–water partition coefficient (Wildman–Crippen LogP) is 2.87. The average Bonchev–Trinajstić information content (AvgIpc) is 3.25. The van der Waals surface area contributed by atoms with Gasteiger partial charge in [0.05, 0.1) is 23.7 Å². The number of amidine groups is 1. The van der Waals surface area contributed by atoms with Crippen molar-refractivity contribution in [2.45, 2.75) is 11.3 Å². The Bertz CT molecular complexity index is 1250. The summed E-state index contributed by atoms with van der Waals surface area (Å²) in [6.45, 7) is 0. The van der Waals surface area contributed by atoms with Crippen LogP contribution < -0.4 is 15.1 Å². The maximum absolute atomic E-state index is 12.5. The zero-order valence-electron chi connectivity index (χ0n) is 18.2. The molecule has 0 spiro atoms. The Morgan fingerprint density at radius 2 is 1.88 bits per heavy atom. The summed E-state index contributed by atoms with van der Waals surface area (Å²) < 4.78 is 24.5. The molecule has 2 aliphatic heterocycles. The van der Waals surface area contributed by atoms with Crippen molar-refractivity contribution in [2.24, 2.45) is 4.99 Å². The number of anilines is 3. The van der Waals surface area contributed by atoms with Crippen molar-refractivity contribution in [3.05, 3.63) is 66.4 Å². The van der Waals surface area contributed by atoms with E-state index in [1.165, 1.54) is 18.0 Å². The number of carbonyl (C=O) groups is 1. The van der Waals surface area contributed by atoms with Crippen molar-refractivity contribution in [3.8, 4) is 6.07 Å². The van der Waals surface area contributed by atoms with Crippen LogP contribution in [-0.2, 0) is 14.6 Å². The van der Waals surface area contributed by atoms with E-state index >= 15 is 0 Å². The highest BCUT2D eigenvalue weighted by Gasteiger charge is 2.49. The van der Waals surface area contributed by atoms with E-state index in [0.29, 0.717) is 10.9 Å². The van der Waals surface area contributed by atoms with Crippen LogP contribution in [0, 0.1) is 11.3 Å². The highest BCUT2D eigenvalue weighted by molar-refractivity contribution is 8.16. The summed E-state index contributed by atoms with van der Waals surface area (Å²) >= 11 is 1.37. The first kappa shape index (κ1) is 22.9. The number of sulfone groups is 1. The summed E-state index contributed by atoms with van der Waals surface area (Å²) in [5.41, 5.74) is 2.27. The van der Waals surface area contributed by atoms with Crippen molar-refractivity contribution in [2.75, 3.05) is 40.7 Å². The van der Waals surface area contributed by atoms with Crippen LogP contribution in [0.25, 0.3) is 0 Å². The second kappa shape index (κ2) is 9.29. The van der Waals surface area contributed by atoms with Gasteiger partial charge in [-0.25, -0.2) is 13.4 Å². The molecule has 2 aliphatic rings. The van der Waals surface area contributed by atoms with Crippen molar-refractivity contribution in [3.63, 3.8) is 0 Å². The minimum Gasteiger partial charge on any atom is -0.378 e. The molecule has 2 saturated heterocycles. The summed E-state index contributed by atoms with van der Waals surface area (Å²) in [7, 11) is 0.760. The minimum atomic E-state index is -3.13. The first-order valence-electron chi connectivity index (χ1n) is 10.3. The maximum atomic E-state index is 12.5. The molecule has 2 aromatic rings. The predicted molar refractivity (Wildman–Crippen MR) is 133 cm³/mol. The summed E-state index contributed by atoms with van der Waals surface area (Å²) in [4.78, 5) is 20.8. The first-order chi connectivity index (χ1) is 15.8. The van der Waals surface area contributed by atoms with E-state index in [1.807, 2.05) is 60.3 Å². The van der Waals surface area contributed by atoms with Gasteiger partial charge in [0.15, 0.2) is 15.0 Å². The van der Waals surface area contributed by atoms with Crippen LogP contribution in [0.1, 0.15) is 0 Å². The Balaban J connectivity index is 1.64. The van der Waals surface area contributed by atoms with E-state index in [4.69, 9.17) is 0 Å². The monoisotopic (exact) mass is 481 g/mol. The summed E-state index contributed by atoms with van der Waals surface area (Å²) in [6, 6.07) is 18.3. The lowest BCUT2D eigenvalue weighted by atomic mass is 10.2. The molecule has 4 rings (SSSR count). The Morgan fingerprint density at radius 3 is 2.52 bits per heavy atom. The van der Waals surface area contributed by atoms with Crippen molar-refractivity contribution >= 4 is 49.7 Å². The normalized spacial score (nSPS) is 22.6. The zero-order valence-corrected chi connectivity index (χ0v) is 19.8. The third-order valence-electron chi connectivity index (χ3n) is 5.41. The second-order valence-corrected chi connectivity index (χ2v) is 11.3.